The van der Waals surface area contributed by atoms with Crippen molar-refractivity contribution < 1.29 is 4.79 Å². The molecule has 2 fully saturated rings. The van der Waals surface area contributed by atoms with Gasteiger partial charge >= 0.3 is 0 Å². The molecule has 144 valence electrons. The van der Waals surface area contributed by atoms with Crippen LogP contribution in [-0.4, -0.2) is 66.0 Å². The second-order valence-electron chi connectivity index (χ2n) is 7.78. The average Bonchev–Trinajstić information content (AvgIpc) is 2.75. The van der Waals surface area contributed by atoms with Gasteiger partial charge in [-0.15, -0.1) is 0 Å². The van der Waals surface area contributed by atoms with E-state index in [1.165, 1.54) is 19.3 Å². The number of aromatic nitrogens is 1. The molecule has 1 aromatic carbocycles. The third-order valence-corrected chi connectivity index (χ3v) is 5.95. The van der Waals surface area contributed by atoms with E-state index >= 15 is 0 Å². The maximum Gasteiger partial charge on any atom is 0.273 e. The number of benzene rings is 1. The molecule has 1 N–H and O–H groups in total. The van der Waals surface area contributed by atoms with E-state index in [0.717, 1.165) is 62.9 Å². The van der Waals surface area contributed by atoms with E-state index in [0.29, 0.717) is 5.69 Å². The van der Waals surface area contributed by atoms with Crippen molar-refractivity contribution in [2.45, 2.75) is 38.1 Å². The standard InChI is InChI=1S/C22H30N4O/c27-22(21-20-9-3-2-7-18(20)10-12-24-21)26(19-8-6-11-23-17-19)16-15-25-13-4-1-5-14-25/h2-3,7,9-10,12,19,23H,1,4-6,8,11,13-17H2/t19-/m0/s1. The normalized spacial score (nSPS) is 21.3. The number of amides is 1. The zero-order valence-corrected chi connectivity index (χ0v) is 16.1. The molecule has 3 heterocycles. The number of fused-ring (bicyclic) bond motifs is 1. The Hall–Kier alpha value is -1.98. The largest absolute Gasteiger partial charge is 0.332 e. The van der Waals surface area contributed by atoms with Crippen molar-refractivity contribution in [2.75, 3.05) is 39.3 Å². The molecule has 0 spiro atoms. The van der Waals surface area contributed by atoms with Gasteiger partial charge in [0.1, 0.15) is 5.69 Å². The van der Waals surface area contributed by atoms with Gasteiger partial charge in [-0.2, -0.15) is 0 Å². The molecule has 27 heavy (non-hydrogen) atoms. The maximum atomic E-state index is 13.5. The quantitative estimate of drug-likeness (QED) is 0.884. The van der Waals surface area contributed by atoms with Gasteiger partial charge in [0, 0.05) is 37.3 Å². The smallest absolute Gasteiger partial charge is 0.273 e. The molecule has 0 unspecified atom stereocenters. The molecule has 0 saturated carbocycles. The Morgan fingerprint density at radius 2 is 2.00 bits per heavy atom. The Balaban J connectivity index is 1.57. The first-order valence-electron chi connectivity index (χ1n) is 10.4. The molecule has 0 bridgehead atoms. The maximum absolute atomic E-state index is 13.5. The fraction of sp³-hybridized carbons (Fsp3) is 0.545. The molecule has 5 heteroatoms. The number of nitrogens with zero attached hydrogens (tertiary/aromatic N) is 3. The van der Waals surface area contributed by atoms with E-state index in [1.807, 2.05) is 30.3 Å². The summed E-state index contributed by atoms with van der Waals surface area (Å²) in [5, 5.41) is 5.50. The fourth-order valence-corrected chi connectivity index (χ4v) is 4.41. The van der Waals surface area contributed by atoms with Gasteiger partial charge in [-0.25, -0.2) is 0 Å². The molecule has 1 aromatic heterocycles. The molecule has 2 aliphatic heterocycles. The Morgan fingerprint density at radius 1 is 1.15 bits per heavy atom. The summed E-state index contributed by atoms with van der Waals surface area (Å²) in [7, 11) is 0. The Bertz CT molecular complexity index is 761. The lowest BCUT2D eigenvalue weighted by Gasteiger charge is -2.37. The number of piperidine rings is 2. The lowest BCUT2D eigenvalue weighted by atomic mass is 10.0. The average molecular weight is 367 g/mol. The minimum atomic E-state index is 0.0810. The summed E-state index contributed by atoms with van der Waals surface area (Å²) in [5.74, 6) is 0.0810. The summed E-state index contributed by atoms with van der Waals surface area (Å²) in [6.07, 6.45) is 7.86. The third kappa shape index (κ3) is 4.30. The Kier molecular flexibility index (Phi) is 6.00. The van der Waals surface area contributed by atoms with Gasteiger partial charge in [-0.1, -0.05) is 30.7 Å². The zero-order chi connectivity index (χ0) is 18.5. The predicted octanol–water partition coefficient (Wildman–Crippen LogP) is 2.91. The van der Waals surface area contributed by atoms with Gasteiger partial charge in [0.25, 0.3) is 5.91 Å². The first-order valence-corrected chi connectivity index (χ1v) is 10.4. The highest BCUT2D eigenvalue weighted by Crippen LogP contribution is 2.21. The number of rotatable bonds is 5. The topological polar surface area (TPSA) is 48.5 Å². The molecule has 0 radical (unpaired) electrons. The van der Waals surface area contributed by atoms with E-state index in [4.69, 9.17) is 0 Å². The van der Waals surface area contributed by atoms with Crippen LogP contribution in [-0.2, 0) is 0 Å². The van der Waals surface area contributed by atoms with Crippen molar-refractivity contribution in [3.05, 3.63) is 42.2 Å². The molecular formula is C22H30N4O. The highest BCUT2D eigenvalue weighted by molar-refractivity contribution is 6.05. The molecule has 2 aliphatic rings. The van der Waals surface area contributed by atoms with Gasteiger partial charge in [0.15, 0.2) is 0 Å². The number of likely N-dealkylation sites (tertiary alicyclic amines) is 1. The third-order valence-electron chi connectivity index (χ3n) is 5.95. The van der Waals surface area contributed by atoms with Crippen LogP contribution in [0.2, 0.25) is 0 Å². The van der Waals surface area contributed by atoms with E-state index in [-0.39, 0.29) is 11.9 Å². The SMILES string of the molecule is O=C(c1nccc2ccccc12)N(CCN1CCCCC1)[C@H]1CCCNC1. The van der Waals surface area contributed by atoms with Gasteiger partial charge < -0.3 is 15.1 Å². The van der Waals surface area contributed by atoms with Crippen molar-refractivity contribution in [1.82, 2.24) is 20.1 Å². The van der Waals surface area contributed by atoms with Gasteiger partial charge in [0.2, 0.25) is 0 Å². The van der Waals surface area contributed by atoms with Crippen LogP contribution in [0, 0.1) is 0 Å². The first kappa shape index (κ1) is 18.4. The van der Waals surface area contributed by atoms with Crippen molar-refractivity contribution >= 4 is 16.7 Å². The number of hydrogen-bond acceptors (Lipinski definition) is 4. The van der Waals surface area contributed by atoms with E-state index in [2.05, 4.69) is 20.1 Å². The summed E-state index contributed by atoms with van der Waals surface area (Å²) in [6.45, 7) is 6.02. The predicted molar refractivity (Wildman–Crippen MR) is 109 cm³/mol. The lowest BCUT2D eigenvalue weighted by Crippen LogP contribution is -2.51. The van der Waals surface area contributed by atoms with Crippen molar-refractivity contribution in [2.24, 2.45) is 0 Å². The lowest BCUT2D eigenvalue weighted by molar-refractivity contribution is 0.0609. The highest BCUT2D eigenvalue weighted by Gasteiger charge is 2.28. The van der Waals surface area contributed by atoms with Gasteiger partial charge in [-0.05, 0) is 56.8 Å². The fourth-order valence-electron chi connectivity index (χ4n) is 4.41. The number of nitrogens with one attached hydrogen (secondary N) is 1. The Labute approximate surface area is 161 Å². The van der Waals surface area contributed by atoms with Crippen LogP contribution >= 0.6 is 0 Å². The second kappa shape index (κ2) is 8.81. The second-order valence-corrected chi connectivity index (χ2v) is 7.78. The van der Waals surface area contributed by atoms with E-state index in [1.54, 1.807) is 6.20 Å². The first-order chi connectivity index (χ1) is 13.3. The molecule has 2 saturated heterocycles. The number of hydrogen-bond donors (Lipinski definition) is 1. The van der Waals surface area contributed by atoms with Crippen LogP contribution in [0.15, 0.2) is 36.5 Å². The molecule has 5 nitrogen and oxygen atoms in total. The summed E-state index contributed by atoms with van der Waals surface area (Å²) >= 11 is 0. The van der Waals surface area contributed by atoms with E-state index in [9.17, 15) is 4.79 Å². The minimum Gasteiger partial charge on any atom is -0.332 e. The van der Waals surface area contributed by atoms with Crippen LogP contribution in [0.3, 0.4) is 0 Å². The molecule has 1 amide bonds. The van der Waals surface area contributed by atoms with Crippen LogP contribution in [0.5, 0.6) is 0 Å². The Morgan fingerprint density at radius 3 is 2.81 bits per heavy atom. The molecular weight excluding hydrogens is 336 g/mol. The highest BCUT2D eigenvalue weighted by atomic mass is 16.2. The van der Waals surface area contributed by atoms with Crippen LogP contribution in [0.25, 0.3) is 10.8 Å². The van der Waals surface area contributed by atoms with Crippen LogP contribution in [0.4, 0.5) is 0 Å². The molecule has 0 aliphatic carbocycles. The molecule has 4 rings (SSSR count). The van der Waals surface area contributed by atoms with Crippen molar-refractivity contribution in [3.63, 3.8) is 0 Å². The van der Waals surface area contributed by atoms with E-state index < -0.39 is 0 Å². The summed E-state index contributed by atoms with van der Waals surface area (Å²) in [6, 6.07) is 10.3. The summed E-state index contributed by atoms with van der Waals surface area (Å²) in [4.78, 5) is 22.6. The van der Waals surface area contributed by atoms with Crippen molar-refractivity contribution in [1.29, 1.82) is 0 Å². The number of pyridine rings is 1. The molecule has 1 atom stereocenters. The number of carbonyl (C=O) groups is 1. The van der Waals surface area contributed by atoms with Gasteiger partial charge in [0.05, 0.1) is 0 Å². The monoisotopic (exact) mass is 366 g/mol. The zero-order valence-electron chi connectivity index (χ0n) is 16.1. The molecule has 2 aromatic rings. The van der Waals surface area contributed by atoms with Gasteiger partial charge in [-0.3, -0.25) is 9.78 Å². The van der Waals surface area contributed by atoms with Crippen molar-refractivity contribution in [3.8, 4) is 0 Å². The number of carbonyl (C=O) groups excluding carboxylic acids is 1. The van der Waals surface area contributed by atoms with Crippen LogP contribution in [0.1, 0.15) is 42.6 Å². The minimum absolute atomic E-state index is 0.0810. The summed E-state index contributed by atoms with van der Waals surface area (Å²) < 4.78 is 0. The summed E-state index contributed by atoms with van der Waals surface area (Å²) in [5.41, 5.74) is 0.595. The van der Waals surface area contributed by atoms with Crippen LogP contribution < -0.4 is 5.32 Å².